The molecule has 36 heavy (non-hydrogen) atoms. The predicted octanol–water partition coefficient (Wildman–Crippen LogP) is 5.29. The molecule has 0 saturated heterocycles. The number of hydrogen-bond donors (Lipinski definition) is 2. The molecule has 2 atom stereocenters. The monoisotopic (exact) mass is 510 g/mol. The fraction of sp³-hybridized carbons (Fsp3) is 0.250. The van der Waals surface area contributed by atoms with Gasteiger partial charge in [0.25, 0.3) is 0 Å². The van der Waals surface area contributed by atoms with Gasteiger partial charge in [-0.05, 0) is 48.4 Å². The van der Waals surface area contributed by atoms with Crippen molar-refractivity contribution in [2.45, 2.75) is 31.3 Å². The zero-order valence-electron chi connectivity index (χ0n) is 18.7. The Morgan fingerprint density at radius 3 is 2.44 bits per heavy atom. The van der Waals surface area contributed by atoms with E-state index in [1.165, 1.54) is 35.0 Å². The molecule has 6 nitrogen and oxygen atoms in total. The summed E-state index contributed by atoms with van der Waals surface area (Å²) in [5, 5.41) is 14.4. The third-order valence-electron chi connectivity index (χ3n) is 5.72. The van der Waals surface area contributed by atoms with Crippen molar-refractivity contribution < 1.29 is 36.2 Å². The smallest absolute Gasteiger partial charge is 0.420 e. The molecule has 0 bridgehead atoms. The fourth-order valence-corrected chi connectivity index (χ4v) is 3.72. The van der Waals surface area contributed by atoms with E-state index in [4.69, 9.17) is 10.5 Å². The number of nitrogens with two attached hydrogens (primary N) is 1. The molecule has 12 heteroatoms. The first-order valence-corrected chi connectivity index (χ1v) is 10.6. The number of ether oxygens (including phenoxy) is 1. The molecule has 4 rings (SSSR count). The highest BCUT2D eigenvalue weighted by molar-refractivity contribution is 5.70. The molecule has 2 aromatic carbocycles. The number of hydrogen-bond acceptors (Lipinski definition) is 5. The van der Waals surface area contributed by atoms with E-state index in [-0.39, 0.29) is 28.3 Å². The van der Waals surface area contributed by atoms with Gasteiger partial charge in [-0.15, -0.1) is 5.10 Å². The van der Waals surface area contributed by atoms with Crippen LogP contribution >= 0.6 is 0 Å². The van der Waals surface area contributed by atoms with Gasteiger partial charge in [0.15, 0.2) is 17.2 Å². The number of pyridine rings is 1. The third kappa shape index (κ3) is 4.94. The molecule has 2 heterocycles. The lowest BCUT2D eigenvalue weighted by Crippen LogP contribution is -2.34. The van der Waals surface area contributed by atoms with Crippen LogP contribution in [0.3, 0.4) is 0 Å². The zero-order chi connectivity index (χ0) is 26.3. The summed E-state index contributed by atoms with van der Waals surface area (Å²) in [6.07, 6.45) is -6.12. The summed E-state index contributed by atoms with van der Waals surface area (Å²) in [4.78, 5) is 3.94. The topological polar surface area (TPSA) is 85.7 Å². The van der Waals surface area contributed by atoms with E-state index < -0.39 is 53.9 Å². The summed E-state index contributed by atoms with van der Waals surface area (Å²) in [5.41, 5.74) is 2.35. The Morgan fingerprint density at radius 2 is 1.78 bits per heavy atom. The average Bonchev–Trinajstić information content (AvgIpc) is 3.18. The maximum Gasteiger partial charge on any atom is 0.420 e. The first-order chi connectivity index (χ1) is 16.9. The first-order valence-electron chi connectivity index (χ1n) is 10.6. The number of halogens is 6. The lowest BCUT2D eigenvalue weighted by molar-refractivity contribution is -0.139. The molecule has 0 aliphatic heterocycles. The normalized spacial score (nSPS) is 14.6. The van der Waals surface area contributed by atoms with Gasteiger partial charge in [-0.3, -0.25) is 0 Å². The molecular weight excluding hydrogens is 490 g/mol. The van der Waals surface area contributed by atoms with E-state index >= 15 is 4.39 Å². The lowest BCUT2D eigenvalue weighted by atomic mass is 9.89. The molecule has 0 radical (unpaired) electrons. The standard InChI is InChI=1S/C24H20F6N4O2/c1-23(35,14-2-4-15(25)5-3-14)18(26)9-11-36-21-17(24(28,29)30)7-6-16(20(21)27)13-8-10-34-19(12-13)32-22(31)33-34/h2-8,10,12,18,35H,9,11H2,1H3,(H2,31,33). The Balaban J connectivity index is 1.60. The highest BCUT2D eigenvalue weighted by atomic mass is 19.4. The van der Waals surface area contributed by atoms with Crippen LogP contribution in [0.5, 0.6) is 5.75 Å². The molecule has 0 amide bonds. The van der Waals surface area contributed by atoms with Gasteiger partial charge in [0.05, 0.1) is 6.61 Å². The van der Waals surface area contributed by atoms with Crippen LogP contribution in [-0.2, 0) is 11.8 Å². The number of anilines is 1. The Kier molecular flexibility index (Phi) is 6.56. The van der Waals surface area contributed by atoms with Crippen LogP contribution in [0.2, 0.25) is 0 Å². The summed E-state index contributed by atoms with van der Waals surface area (Å²) in [6, 6.07) is 8.86. The van der Waals surface area contributed by atoms with Crippen molar-refractivity contribution in [1.29, 1.82) is 0 Å². The van der Waals surface area contributed by atoms with Gasteiger partial charge in [-0.1, -0.05) is 18.2 Å². The lowest BCUT2D eigenvalue weighted by Gasteiger charge is -2.28. The van der Waals surface area contributed by atoms with Crippen molar-refractivity contribution in [2.24, 2.45) is 0 Å². The van der Waals surface area contributed by atoms with Gasteiger partial charge in [0.2, 0.25) is 5.95 Å². The van der Waals surface area contributed by atoms with Gasteiger partial charge >= 0.3 is 6.18 Å². The van der Waals surface area contributed by atoms with Gasteiger partial charge in [-0.25, -0.2) is 17.7 Å². The Morgan fingerprint density at radius 1 is 1.08 bits per heavy atom. The van der Waals surface area contributed by atoms with Crippen molar-refractivity contribution in [3.05, 3.63) is 77.5 Å². The second-order valence-electron chi connectivity index (χ2n) is 8.25. The SMILES string of the molecule is CC(O)(c1ccc(F)cc1)C(F)CCOc1c(C(F)(F)F)ccc(-c2ccn3nc(N)nc3c2)c1F. The Bertz CT molecular complexity index is 1390. The second-order valence-corrected chi connectivity index (χ2v) is 8.25. The average molecular weight is 510 g/mol. The number of nitrogen functional groups attached to an aromatic ring is 1. The summed E-state index contributed by atoms with van der Waals surface area (Å²) >= 11 is 0. The van der Waals surface area contributed by atoms with Gasteiger partial charge in [0, 0.05) is 18.2 Å². The van der Waals surface area contributed by atoms with Crippen LogP contribution in [0.15, 0.2) is 54.7 Å². The molecule has 0 aliphatic carbocycles. The van der Waals surface area contributed by atoms with E-state index in [0.29, 0.717) is 6.07 Å². The minimum atomic E-state index is -4.95. The van der Waals surface area contributed by atoms with Crippen molar-refractivity contribution in [1.82, 2.24) is 14.6 Å². The van der Waals surface area contributed by atoms with E-state index in [1.807, 2.05) is 0 Å². The summed E-state index contributed by atoms with van der Waals surface area (Å²) in [5.74, 6) is -3.03. The van der Waals surface area contributed by atoms with E-state index in [0.717, 1.165) is 25.1 Å². The van der Waals surface area contributed by atoms with Gasteiger partial charge in [-0.2, -0.15) is 18.2 Å². The molecule has 190 valence electrons. The van der Waals surface area contributed by atoms with Crippen molar-refractivity contribution >= 4 is 11.6 Å². The number of alkyl halides is 4. The second kappa shape index (κ2) is 9.34. The van der Waals surface area contributed by atoms with E-state index in [2.05, 4.69) is 10.1 Å². The van der Waals surface area contributed by atoms with Crippen molar-refractivity contribution in [2.75, 3.05) is 12.3 Å². The number of aromatic nitrogens is 3. The first kappa shape index (κ1) is 25.3. The largest absolute Gasteiger partial charge is 0.490 e. The number of benzene rings is 2. The van der Waals surface area contributed by atoms with Crippen molar-refractivity contribution in [3.63, 3.8) is 0 Å². The van der Waals surface area contributed by atoms with Crippen molar-refractivity contribution in [3.8, 4) is 16.9 Å². The van der Waals surface area contributed by atoms with Crippen LogP contribution in [-0.4, -0.2) is 32.5 Å². The Labute approximate surface area is 201 Å². The van der Waals surface area contributed by atoms with E-state index in [9.17, 15) is 27.1 Å². The quantitative estimate of drug-likeness (QED) is 0.330. The minimum absolute atomic E-state index is 0.0404. The number of fused-ring (bicyclic) bond motifs is 1. The molecule has 3 N–H and O–H groups in total. The molecular formula is C24H20F6N4O2. The molecule has 2 unspecified atom stereocenters. The maximum absolute atomic E-state index is 15.3. The van der Waals surface area contributed by atoms with Crippen LogP contribution < -0.4 is 10.5 Å². The van der Waals surface area contributed by atoms with Gasteiger partial charge in [0.1, 0.15) is 23.2 Å². The number of aliphatic hydroxyl groups is 1. The summed E-state index contributed by atoms with van der Waals surface area (Å²) < 4.78 is 90.5. The molecule has 0 fully saturated rings. The molecule has 0 saturated carbocycles. The van der Waals surface area contributed by atoms with Gasteiger partial charge < -0.3 is 15.6 Å². The van der Waals surface area contributed by atoms with Crippen LogP contribution in [0, 0.1) is 11.6 Å². The highest BCUT2D eigenvalue weighted by Crippen LogP contribution is 2.41. The minimum Gasteiger partial charge on any atom is -0.490 e. The predicted molar refractivity (Wildman–Crippen MR) is 119 cm³/mol. The molecule has 4 aromatic rings. The van der Waals surface area contributed by atoms with Crippen LogP contribution in [0.4, 0.5) is 32.3 Å². The summed E-state index contributed by atoms with van der Waals surface area (Å²) in [7, 11) is 0. The number of nitrogens with zero attached hydrogens (tertiary/aromatic N) is 3. The molecule has 0 aliphatic rings. The highest BCUT2D eigenvalue weighted by Gasteiger charge is 2.38. The Hall–Kier alpha value is -3.80. The van der Waals surface area contributed by atoms with Crippen LogP contribution in [0.1, 0.15) is 24.5 Å². The number of rotatable bonds is 7. The van der Waals surface area contributed by atoms with E-state index in [1.54, 1.807) is 0 Å². The maximum atomic E-state index is 15.3. The zero-order valence-corrected chi connectivity index (χ0v) is 18.7. The summed E-state index contributed by atoms with van der Waals surface area (Å²) in [6.45, 7) is 0.461. The molecule has 2 aromatic heterocycles. The molecule has 0 spiro atoms. The third-order valence-corrected chi connectivity index (χ3v) is 5.72. The van der Waals surface area contributed by atoms with Crippen LogP contribution in [0.25, 0.3) is 16.8 Å². The fourth-order valence-electron chi connectivity index (χ4n) is 3.72.